The fourth-order valence-corrected chi connectivity index (χ4v) is 2.10. The van der Waals surface area contributed by atoms with Gasteiger partial charge < -0.3 is 14.8 Å². The molecular weight excluding hydrogens is 248 g/mol. The van der Waals surface area contributed by atoms with Crippen LogP contribution in [-0.4, -0.2) is 44.2 Å². The number of hydrogen-bond donors (Lipinski definition) is 1. The van der Waals surface area contributed by atoms with Crippen LogP contribution in [0.1, 0.15) is 11.6 Å². The highest BCUT2D eigenvalue weighted by Gasteiger charge is 2.34. The van der Waals surface area contributed by atoms with E-state index in [0.717, 1.165) is 5.56 Å². The van der Waals surface area contributed by atoms with Crippen LogP contribution in [-0.2, 0) is 9.53 Å². The summed E-state index contributed by atoms with van der Waals surface area (Å²) < 4.78 is 9.79. The molecule has 1 heterocycles. The molecule has 1 unspecified atom stereocenters. The number of rotatable bonds is 2. The van der Waals surface area contributed by atoms with Gasteiger partial charge in [-0.1, -0.05) is 12.1 Å². The van der Waals surface area contributed by atoms with Gasteiger partial charge in [0.15, 0.2) is 0 Å². The molecule has 1 saturated heterocycles. The van der Waals surface area contributed by atoms with E-state index in [9.17, 15) is 9.59 Å². The minimum absolute atomic E-state index is 0.207. The first kappa shape index (κ1) is 13.2. The van der Waals surface area contributed by atoms with Gasteiger partial charge in [-0.2, -0.15) is 0 Å². The molecule has 6 nitrogen and oxygen atoms in total. The summed E-state index contributed by atoms with van der Waals surface area (Å²) in [4.78, 5) is 25.1. The molecule has 0 bridgehead atoms. The second-order valence-electron chi connectivity index (χ2n) is 4.13. The summed E-state index contributed by atoms with van der Waals surface area (Å²) in [6, 6.07) is 6.39. The molecule has 1 N–H and O–H groups in total. The van der Waals surface area contributed by atoms with Gasteiger partial charge in [0.2, 0.25) is 5.91 Å². The van der Waals surface area contributed by atoms with Gasteiger partial charge in [-0.15, -0.1) is 0 Å². The molecule has 0 aromatic heterocycles. The van der Waals surface area contributed by atoms with Crippen molar-refractivity contribution in [1.82, 2.24) is 10.2 Å². The van der Waals surface area contributed by atoms with Gasteiger partial charge in [0.1, 0.15) is 11.8 Å². The summed E-state index contributed by atoms with van der Waals surface area (Å²) >= 11 is 0. The number of hydrogen-bond acceptors (Lipinski definition) is 4. The van der Waals surface area contributed by atoms with Crippen molar-refractivity contribution in [2.24, 2.45) is 0 Å². The first-order valence-corrected chi connectivity index (χ1v) is 5.93. The maximum atomic E-state index is 12.0. The Hall–Kier alpha value is -2.24. The van der Waals surface area contributed by atoms with Crippen LogP contribution >= 0.6 is 0 Å². The predicted octanol–water partition coefficient (Wildman–Crippen LogP) is 0.934. The van der Waals surface area contributed by atoms with Crippen molar-refractivity contribution >= 4 is 12.0 Å². The van der Waals surface area contributed by atoms with Crippen LogP contribution in [0.4, 0.5) is 4.79 Å². The topological polar surface area (TPSA) is 67.9 Å². The molecule has 6 heteroatoms. The fraction of sp³-hybridized carbons (Fsp3) is 0.385. The number of nitrogens with one attached hydrogen (secondary N) is 1. The Morgan fingerprint density at radius 2 is 2.00 bits per heavy atom. The number of benzene rings is 1. The molecule has 1 aliphatic heterocycles. The van der Waals surface area contributed by atoms with Crippen LogP contribution in [0.25, 0.3) is 0 Å². The zero-order valence-corrected chi connectivity index (χ0v) is 10.9. The number of nitrogens with zero attached hydrogens (tertiary/aromatic N) is 1. The Balaban J connectivity index is 2.30. The highest BCUT2D eigenvalue weighted by Crippen LogP contribution is 2.25. The molecule has 19 heavy (non-hydrogen) atoms. The number of methoxy groups -OCH3 is 2. The maximum absolute atomic E-state index is 12.0. The summed E-state index contributed by atoms with van der Waals surface area (Å²) in [6.07, 6.45) is -0.504. The minimum Gasteiger partial charge on any atom is -0.497 e. The zero-order chi connectivity index (χ0) is 13.8. The highest BCUT2D eigenvalue weighted by molar-refractivity contribution is 5.88. The standard InChI is InChI=1S/C13H16N2O4/c1-18-10-5-3-9(4-6-10)11-12(16)14-7-8-15(11)13(17)19-2/h3-6,11H,7-8H2,1-2H3,(H,14,16). The number of ether oxygens (including phenoxy) is 2. The predicted molar refractivity (Wildman–Crippen MR) is 67.9 cm³/mol. The SMILES string of the molecule is COC(=O)N1CCNC(=O)C1c1ccc(OC)cc1. The van der Waals surface area contributed by atoms with E-state index < -0.39 is 12.1 Å². The highest BCUT2D eigenvalue weighted by atomic mass is 16.5. The molecule has 1 aliphatic rings. The number of carbonyl (C=O) groups excluding carboxylic acids is 2. The Labute approximate surface area is 111 Å². The molecule has 1 aromatic carbocycles. The second kappa shape index (κ2) is 5.60. The van der Waals surface area contributed by atoms with E-state index in [2.05, 4.69) is 5.32 Å². The smallest absolute Gasteiger partial charge is 0.410 e. The van der Waals surface area contributed by atoms with E-state index in [-0.39, 0.29) is 5.91 Å². The van der Waals surface area contributed by atoms with E-state index in [0.29, 0.717) is 18.8 Å². The third-order valence-electron chi connectivity index (χ3n) is 3.05. The van der Waals surface area contributed by atoms with Crippen molar-refractivity contribution in [3.05, 3.63) is 29.8 Å². The van der Waals surface area contributed by atoms with Crippen molar-refractivity contribution in [2.45, 2.75) is 6.04 Å². The zero-order valence-electron chi connectivity index (χ0n) is 10.9. The van der Waals surface area contributed by atoms with E-state index in [1.807, 2.05) is 0 Å². The lowest BCUT2D eigenvalue weighted by Gasteiger charge is -2.34. The van der Waals surface area contributed by atoms with E-state index in [1.54, 1.807) is 31.4 Å². The van der Waals surface area contributed by atoms with E-state index in [4.69, 9.17) is 9.47 Å². The Morgan fingerprint density at radius 1 is 1.32 bits per heavy atom. The van der Waals surface area contributed by atoms with Crippen molar-refractivity contribution in [3.8, 4) is 5.75 Å². The number of carbonyl (C=O) groups is 2. The lowest BCUT2D eigenvalue weighted by atomic mass is 10.0. The van der Waals surface area contributed by atoms with Gasteiger partial charge in [-0.25, -0.2) is 4.79 Å². The third-order valence-corrected chi connectivity index (χ3v) is 3.05. The van der Waals surface area contributed by atoms with Crippen molar-refractivity contribution in [2.75, 3.05) is 27.3 Å². The Kier molecular flexibility index (Phi) is 3.89. The molecule has 0 aliphatic carbocycles. The summed E-state index contributed by atoms with van der Waals surface area (Å²) in [7, 11) is 2.88. The normalized spacial score (nSPS) is 18.7. The third kappa shape index (κ3) is 2.62. The first-order valence-electron chi connectivity index (χ1n) is 5.93. The van der Waals surface area contributed by atoms with E-state index >= 15 is 0 Å². The van der Waals surface area contributed by atoms with E-state index in [1.165, 1.54) is 12.0 Å². The maximum Gasteiger partial charge on any atom is 0.410 e. The summed E-state index contributed by atoms with van der Waals surface area (Å²) in [6.45, 7) is 0.857. The van der Waals surface area contributed by atoms with Crippen LogP contribution in [0.3, 0.4) is 0 Å². The monoisotopic (exact) mass is 264 g/mol. The van der Waals surface area contributed by atoms with Gasteiger partial charge in [0.25, 0.3) is 0 Å². The second-order valence-corrected chi connectivity index (χ2v) is 4.13. The van der Waals surface area contributed by atoms with Crippen LogP contribution in [0.15, 0.2) is 24.3 Å². The molecule has 2 amide bonds. The number of piperazine rings is 1. The van der Waals surface area contributed by atoms with Gasteiger partial charge in [0, 0.05) is 13.1 Å². The fourth-order valence-electron chi connectivity index (χ4n) is 2.10. The molecule has 1 aromatic rings. The van der Waals surface area contributed by atoms with Crippen molar-refractivity contribution in [3.63, 3.8) is 0 Å². The lowest BCUT2D eigenvalue weighted by Crippen LogP contribution is -2.52. The summed E-state index contributed by atoms with van der Waals surface area (Å²) in [5, 5.41) is 2.75. The molecule has 0 saturated carbocycles. The molecular formula is C13H16N2O4. The quantitative estimate of drug-likeness (QED) is 0.863. The van der Waals surface area contributed by atoms with Crippen LogP contribution < -0.4 is 10.1 Å². The average molecular weight is 264 g/mol. The minimum atomic E-state index is -0.660. The van der Waals surface area contributed by atoms with Crippen LogP contribution in [0, 0.1) is 0 Å². The lowest BCUT2D eigenvalue weighted by molar-refractivity contribution is -0.128. The van der Waals surface area contributed by atoms with Crippen molar-refractivity contribution in [1.29, 1.82) is 0 Å². The Bertz CT molecular complexity index is 472. The molecule has 2 rings (SSSR count). The van der Waals surface area contributed by atoms with Crippen LogP contribution in [0.5, 0.6) is 5.75 Å². The van der Waals surface area contributed by atoms with Gasteiger partial charge >= 0.3 is 6.09 Å². The largest absolute Gasteiger partial charge is 0.497 e. The van der Waals surface area contributed by atoms with Gasteiger partial charge in [0.05, 0.1) is 14.2 Å². The van der Waals surface area contributed by atoms with Gasteiger partial charge in [-0.05, 0) is 17.7 Å². The molecule has 1 fully saturated rings. The molecule has 0 radical (unpaired) electrons. The van der Waals surface area contributed by atoms with Crippen molar-refractivity contribution < 1.29 is 19.1 Å². The first-order chi connectivity index (χ1) is 9.17. The summed E-state index contributed by atoms with van der Waals surface area (Å²) in [5.41, 5.74) is 0.725. The number of amides is 2. The molecule has 1 atom stereocenters. The van der Waals surface area contributed by atoms with Gasteiger partial charge in [-0.3, -0.25) is 9.69 Å². The molecule has 102 valence electrons. The Morgan fingerprint density at radius 3 is 2.58 bits per heavy atom. The van der Waals surface area contributed by atoms with Crippen LogP contribution in [0.2, 0.25) is 0 Å². The average Bonchev–Trinajstić information content (AvgIpc) is 2.46. The summed E-state index contributed by atoms with van der Waals surface area (Å²) in [5.74, 6) is 0.492. The molecule has 0 spiro atoms.